The highest BCUT2D eigenvalue weighted by molar-refractivity contribution is 5.31. The Labute approximate surface area is 113 Å². The summed E-state index contributed by atoms with van der Waals surface area (Å²) in [4.78, 5) is 0. The summed E-state index contributed by atoms with van der Waals surface area (Å²) < 4.78 is 5.71. The zero-order chi connectivity index (χ0) is 13.1. The molecule has 1 aromatic rings. The molecule has 0 N–H and O–H groups in total. The van der Waals surface area contributed by atoms with E-state index in [0.717, 1.165) is 25.2 Å². The number of hydrogen-bond donors (Lipinski definition) is 0. The molecular weight excluding hydrogens is 220 g/mol. The Hall–Kier alpha value is -0.980. The van der Waals surface area contributed by atoms with Crippen LogP contribution in [0.25, 0.3) is 0 Å². The van der Waals surface area contributed by atoms with Crippen molar-refractivity contribution in [3.63, 3.8) is 0 Å². The fourth-order valence-corrected chi connectivity index (χ4v) is 1.80. The van der Waals surface area contributed by atoms with Gasteiger partial charge in [0.1, 0.15) is 5.75 Å². The van der Waals surface area contributed by atoms with E-state index in [2.05, 4.69) is 32.4 Å². The highest BCUT2D eigenvalue weighted by Crippen LogP contribution is 2.16. The smallest absolute Gasteiger partial charge is 0.119 e. The van der Waals surface area contributed by atoms with E-state index in [4.69, 9.17) is 4.74 Å². The Morgan fingerprint density at radius 2 is 1.61 bits per heavy atom. The van der Waals surface area contributed by atoms with Crippen LogP contribution in [0.4, 0.5) is 0 Å². The van der Waals surface area contributed by atoms with Gasteiger partial charge in [0, 0.05) is 6.42 Å². The lowest BCUT2D eigenvalue weighted by Gasteiger charge is -2.06. The topological polar surface area (TPSA) is 9.23 Å². The Morgan fingerprint density at radius 1 is 0.889 bits per heavy atom. The second kappa shape index (κ2) is 9.99. The molecular formula is C17H26O. The normalized spacial score (nSPS) is 10.6. The molecule has 0 amide bonds. The highest BCUT2D eigenvalue weighted by atomic mass is 16.5. The van der Waals surface area contributed by atoms with Crippen LogP contribution in [0.15, 0.2) is 24.3 Å². The molecule has 0 bridgehead atoms. The van der Waals surface area contributed by atoms with Crippen molar-refractivity contribution in [3.05, 3.63) is 36.2 Å². The molecule has 0 unspecified atom stereocenters. The lowest BCUT2D eigenvalue weighted by molar-refractivity contribution is 0.305. The predicted molar refractivity (Wildman–Crippen MR) is 77.9 cm³/mol. The van der Waals surface area contributed by atoms with E-state index < -0.39 is 0 Å². The fraction of sp³-hybridized carbons (Fsp3) is 0.588. The Kier molecular flexibility index (Phi) is 8.37. The molecule has 1 aromatic carbocycles. The zero-order valence-corrected chi connectivity index (χ0v) is 11.9. The van der Waals surface area contributed by atoms with Crippen LogP contribution >= 0.6 is 0 Å². The molecule has 0 aliphatic carbocycles. The van der Waals surface area contributed by atoms with Gasteiger partial charge in [-0.05, 0) is 30.5 Å². The molecule has 2 radical (unpaired) electrons. The van der Waals surface area contributed by atoms with E-state index in [-0.39, 0.29) is 0 Å². The average Bonchev–Trinajstić information content (AvgIpc) is 2.40. The number of rotatable bonds is 10. The third kappa shape index (κ3) is 6.68. The molecule has 0 aliphatic heterocycles. The van der Waals surface area contributed by atoms with Crippen molar-refractivity contribution in [2.45, 2.75) is 58.8 Å². The van der Waals surface area contributed by atoms with Crippen LogP contribution in [-0.2, 0) is 0 Å². The van der Waals surface area contributed by atoms with Crippen LogP contribution in [0.2, 0.25) is 0 Å². The largest absolute Gasteiger partial charge is 0.494 e. The first-order valence-electron chi connectivity index (χ1n) is 7.33. The maximum atomic E-state index is 5.71. The van der Waals surface area contributed by atoms with Crippen molar-refractivity contribution in [1.82, 2.24) is 0 Å². The van der Waals surface area contributed by atoms with Crippen molar-refractivity contribution < 1.29 is 4.74 Å². The molecule has 1 heteroatoms. The van der Waals surface area contributed by atoms with Gasteiger partial charge in [0.15, 0.2) is 0 Å². The van der Waals surface area contributed by atoms with Gasteiger partial charge in [-0.25, -0.2) is 0 Å². The number of unbranched alkanes of at least 4 members (excludes halogenated alkanes) is 5. The van der Waals surface area contributed by atoms with Crippen molar-refractivity contribution in [1.29, 1.82) is 0 Å². The summed E-state index contributed by atoms with van der Waals surface area (Å²) in [7, 11) is 0. The van der Waals surface area contributed by atoms with Crippen LogP contribution in [0.1, 0.15) is 64.4 Å². The van der Waals surface area contributed by atoms with Crippen molar-refractivity contribution >= 4 is 0 Å². The SMILES string of the molecule is CCCC[C]c1ccc(OCCCCCC)cc1. The highest BCUT2D eigenvalue weighted by Gasteiger charge is 1.97. The standard InChI is InChI=1S/C17H26O/c1-3-5-7-9-15-18-17-13-11-16(12-14-17)10-8-6-4-2/h11-14H,3-9,15H2,1-2H3. The van der Waals surface area contributed by atoms with E-state index in [1.165, 1.54) is 37.7 Å². The average molecular weight is 246 g/mol. The van der Waals surface area contributed by atoms with Crippen molar-refractivity contribution in [2.75, 3.05) is 6.61 Å². The van der Waals surface area contributed by atoms with Gasteiger partial charge >= 0.3 is 0 Å². The van der Waals surface area contributed by atoms with E-state index in [9.17, 15) is 0 Å². The monoisotopic (exact) mass is 246 g/mol. The van der Waals surface area contributed by atoms with Crippen LogP contribution in [0.3, 0.4) is 0 Å². The Balaban J connectivity index is 2.19. The minimum atomic E-state index is 0.836. The molecule has 0 heterocycles. The van der Waals surface area contributed by atoms with Gasteiger partial charge in [0.25, 0.3) is 0 Å². The fourth-order valence-electron chi connectivity index (χ4n) is 1.80. The first-order chi connectivity index (χ1) is 8.86. The minimum Gasteiger partial charge on any atom is -0.494 e. The van der Waals surface area contributed by atoms with Gasteiger partial charge in [0.05, 0.1) is 6.61 Å². The molecule has 18 heavy (non-hydrogen) atoms. The molecule has 1 rings (SSSR count). The second-order valence-corrected chi connectivity index (χ2v) is 4.71. The molecule has 0 aromatic heterocycles. The molecule has 100 valence electrons. The summed E-state index contributed by atoms with van der Waals surface area (Å²) in [5, 5.41) is 0. The minimum absolute atomic E-state index is 0.836. The van der Waals surface area contributed by atoms with Crippen LogP contribution in [-0.4, -0.2) is 6.61 Å². The number of benzene rings is 1. The lowest BCUT2D eigenvalue weighted by atomic mass is 10.1. The summed E-state index contributed by atoms with van der Waals surface area (Å²) in [5.74, 6) is 0.979. The van der Waals surface area contributed by atoms with Crippen LogP contribution < -0.4 is 4.74 Å². The van der Waals surface area contributed by atoms with Crippen molar-refractivity contribution in [2.24, 2.45) is 0 Å². The van der Waals surface area contributed by atoms with Crippen molar-refractivity contribution in [3.8, 4) is 5.75 Å². The number of hydrogen-bond acceptors (Lipinski definition) is 1. The predicted octanol–water partition coefficient (Wildman–Crippen LogP) is 5.27. The maximum Gasteiger partial charge on any atom is 0.119 e. The molecule has 0 fully saturated rings. The van der Waals surface area contributed by atoms with Gasteiger partial charge in [-0.3, -0.25) is 0 Å². The molecule has 0 spiro atoms. The summed E-state index contributed by atoms with van der Waals surface area (Å²) in [6, 6.07) is 8.29. The third-order valence-electron chi connectivity index (χ3n) is 2.98. The molecule has 1 nitrogen and oxygen atoms in total. The molecule has 0 aliphatic rings. The molecule has 0 saturated heterocycles. The summed E-state index contributed by atoms with van der Waals surface area (Å²) in [6.45, 7) is 5.27. The summed E-state index contributed by atoms with van der Waals surface area (Å²) in [6.07, 6.45) is 11.9. The first kappa shape index (κ1) is 15.1. The third-order valence-corrected chi connectivity index (χ3v) is 2.98. The van der Waals surface area contributed by atoms with E-state index in [1.807, 2.05) is 12.1 Å². The van der Waals surface area contributed by atoms with Gasteiger partial charge in [-0.1, -0.05) is 58.1 Å². The van der Waals surface area contributed by atoms with Gasteiger partial charge < -0.3 is 4.74 Å². The Bertz CT molecular complexity index is 289. The lowest BCUT2D eigenvalue weighted by Crippen LogP contribution is -1.97. The first-order valence-corrected chi connectivity index (χ1v) is 7.33. The quantitative estimate of drug-likeness (QED) is 0.511. The Morgan fingerprint density at radius 3 is 2.28 bits per heavy atom. The summed E-state index contributed by atoms with van der Waals surface area (Å²) >= 11 is 0. The second-order valence-electron chi connectivity index (χ2n) is 4.71. The van der Waals surface area contributed by atoms with Crippen LogP contribution in [0, 0.1) is 6.42 Å². The van der Waals surface area contributed by atoms with Gasteiger partial charge in [-0.2, -0.15) is 0 Å². The van der Waals surface area contributed by atoms with E-state index >= 15 is 0 Å². The number of ether oxygens (including phenoxy) is 1. The van der Waals surface area contributed by atoms with Crippen LogP contribution in [0.5, 0.6) is 5.75 Å². The molecule has 0 atom stereocenters. The van der Waals surface area contributed by atoms with E-state index in [1.54, 1.807) is 0 Å². The van der Waals surface area contributed by atoms with E-state index in [0.29, 0.717) is 0 Å². The van der Waals surface area contributed by atoms with Gasteiger partial charge in [0.2, 0.25) is 0 Å². The summed E-state index contributed by atoms with van der Waals surface area (Å²) in [5.41, 5.74) is 1.18. The van der Waals surface area contributed by atoms with Gasteiger partial charge in [-0.15, -0.1) is 0 Å². The molecule has 0 saturated carbocycles. The zero-order valence-electron chi connectivity index (χ0n) is 11.9. The maximum absolute atomic E-state index is 5.71.